The van der Waals surface area contributed by atoms with Gasteiger partial charge in [0.15, 0.2) is 5.82 Å². The normalized spacial score (nSPS) is 10.5. The average molecular weight is 396 g/mol. The Kier molecular flexibility index (Phi) is 4.70. The summed E-state index contributed by atoms with van der Waals surface area (Å²) in [6.45, 7) is 0. The minimum atomic E-state index is -1.02. The third-order valence-electron chi connectivity index (χ3n) is 2.56. The molecule has 0 spiro atoms. The van der Waals surface area contributed by atoms with Crippen LogP contribution in [-0.2, 0) is 0 Å². The monoisotopic (exact) mass is 394 g/mol. The highest BCUT2D eigenvalue weighted by Crippen LogP contribution is 2.34. The van der Waals surface area contributed by atoms with Crippen molar-refractivity contribution < 1.29 is 13.6 Å². The summed E-state index contributed by atoms with van der Waals surface area (Å²) >= 11 is 15.1. The smallest absolute Gasteiger partial charge is 0.258 e. The molecule has 1 amide bonds. The number of hydrogen-bond donors (Lipinski definition) is 2. The molecule has 0 saturated heterocycles. The molecule has 2 aromatic carbocycles. The van der Waals surface area contributed by atoms with Gasteiger partial charge >= 0.3 is 0 Å². The maximum absolute atomic E-state index is 13.8. The molecule has 21 heavy (non-hydrogen) atoms. The fourth-order valence-corrected chi connectivity index (χ4v) is 2.92. The minimum Gasteiger partial charge on any atom is -0.396 e. The van der Waals surface area contributed by atoms with Crippen LogP contribution in [0.4, 0.5) is 20.2 Å². The number of halogens is 5. The third kappa shape index (κ3) is 3.45. The lowest BCUT2D eigenvalue weighted by Gasteiger charge is -2.11. The summed E-state index contributed by atoms with van der Waals surface area (Å²) in [6.07, 6.45) is 0. The van der Waals surface area contributed by atoms with E-state index in [4.69, 9.17) is 28.9 Å². The molecule has 0 unspecified atom stereocenters. The Bertz CT molecular complexity index is 717. The molecule has 0 fully saturated rings. The van der Waals surface area contributed by atoms with E-state index < -0.39 is 28.8 Å². The van der Waals surface area contributed by atoms with Crippen LogP contribution >= 0.6 is 39.1 Å². The highest BCUT2D eigenvalue weighted by Gasteiger charge is 2.18. The molecule has 110 valence electrons. The first-order valence-electron chi connectivity index (χ1n) is 5.50. The van der Waals surface area contributed by atoms with Gasteiger partial charge < -0.3 is 11.1 Å². The highest BCUT2D eigenvalue weighted by molar-refractivity contribution is 9.10. The average Bonchev–Trinajstić information content (AvgIpc) is 2.37. The summed E-state index contributed by atoms with van der Waals surface area (Å²) < 4.78 is 27.6. The molecule has 0 aliphatic carbocycles. The summed E-state index contributed by atoms with van der Waals surface area (Å²) in [7, 11) is 0. The van der Waals surface area contributed by atoms with Gasteiger partial charge in [-0.25, -0.2) is 8.78 Å². The Labute approximate surface area is 137 Å². The molecule has 0 heterocycles. The molecule has 3 nitrogen and oxygen atoms in total. The van der Waals surface area contributed by atoms with Crippen LogP contribution in [0.2, 0.25) is 10.0 Å². The molecule has 3 N–H and O–H groups in total. The lowest BCUT2D eigenvalue weighted by molar-refractivity contribution is 0.102. The van der Waals surface area contributed by atoms with Crippen molar-refractivity contribution >= 4 is 56.4 Å². The standard InChI is InChI=1S/C13H7BrCl2F2N2O/c14-5-1-8(15)12(9(16)2-5)20-13(21)7-3-6(17)4-10(19)11(7)18/h1-4H,19H2,(H,20,21). The lowest BCUT2D eigenvalue weighted by Crippen LogP contribution is -2.16. The lowest BCUT2D eigenvalue weighted by atomic mass is 10.1. The number of nitrogen functional groups attached to an aromatic ring is 1. The van der Waals surface area contributed by atoms with E-state index in [-0.39, 0.29) is 15.7 Å². The van der Waals surface area contributed by atoms with Crippen LogP contribution in [0.5, 0.6) is 0 Å². The number of benzene rings is 2. The summed E-state index contributed by atoms with van der Waals surface area (Å²) in [5, 5.41) is 2.62. The van der Waals surface area contributed by atoms with E-state index >= 15 is 0 Å². The zero-order chi connectivity index (χ0) is 15.7. The van der Waals surface area contributed by atoms with Gasteiger partial charge in [-0.1, -0.05) is 39.1 Å². The summed E-state index contributed by atoms with van der Waals surface area (Å²) in [5.41, 5.74) is 4.37. The largest absolute Gasteiger partial charge is 0.396 e. The van der Waals surface area contributed by atoms with Crippen molar-refractivity contribution in [3.8, 4) is 0 Å². The maximum Gasteiger partial charge on any atom is 0.258 e. The van der Waals surface area contributed by atoms with E-state index in [9.17, 15) is 13.6 Å². The van der Waals surface area contributed by atoms with E-state index in [1.54, 1.807) is 0 Å². The SMILES string of the molecule is Nc1cc(F)cc(C(=O)Nc2c(Cl)cc(Br)cc2Cl)c1F. The first-order valence-corrected chi connectivity index (χ1v) is 7.05. The van der Waals surface area contributed by atoms with Crippen LogP contribution in [0.25, 0.3) is 0 Å². The van der Waals surface area contributed by atoms with Crippen LogP contribution in [-0.4, -0.2) is 5.91 Å². The number of carbonyl (C=O) groups excluding carboxylic acids is 1. The van der Waals surface area contributed by atoms with E-state index in [0.717, 1.165) is 12.1 Å². The van der Waals surface area contributed by atoms with Crippen molar-refractivity contribution in [2.45, 2.75) is 0 Å². The molecule has 8 heteroatoms. The summed E-state index contributed by atoms with van der Waals surface area (Å²) in [4.78, 5) is 12.0. The number of carbonyl (C=O) groups is 1. The van der Waals surface area contributed by atoms with Gasteiger partial charge in [-0.05, 0) is 24.3 Å². The van der Waals surface area contributed by atoms with Crippen molar-refractivity contribution in [1.82, 2.24) is 0 Å². The van der Waals surface area contributed by atoms with Crippen molar-refractivity contribution in [2.24, 2.45) is 0 Å². The van der Waals surface area contributed by atoms with Crippen LogP contribution in [0, 0.1) is 11.6 Å². The van der Waals surface area contributed by atoms with Crippen LogP contribution in [0.1, 0.15) is 10.4 Å². The van der Waals surface area contributed by atoms with Crippen molar-refractivity contribution in [3.05, 3.63) is 56.0 Å². The van der Waals surface area contributed by atoms with Gasteiger partial charge in [0.25, 0.3) is 5.91 Å². The second-order valence-electron chi connectivity index (χ2n) is 4.06. The Morgan fingerprint density at radius 3 is 2.29 bits per heavy atom. The quantitative estimate of drug-likeness (QED) is 0.712. The van der Waals surface area contributed by atoms with E-state index in [0.29, 0.717) is 4.47 Å². The Morgan fingerprint density at radius 1 is 1.14 bits per heavy atom. The number of nitrogens with two attached hydrogens (primary N) is 1. The summed E-state index contributed by atoms with van der Waals surface area (Å²) in [5.74, 6) is -2.75. The van der Waals surface area contributed by atoms with Gasteiger partial charge in [0.05, 0.1) is 27.0 Å². The molecular formula is C13H7BrCl2F2N2O. The predicted molar refractivity (Wildman–Crippen MR) is 82.9 cm³/mol. The Hall–Kier alpha value is -1.37. The summed E-state index contributed by atoms with van der Waals surface area (Å²) in [6, 6.07) is 4.52. The molecule has 0 atom stereocenters. The van der Waals surface area contributed by atoms with Crippen molar-refractivity contribution in [3.63, 3.8) is 0 Å². The molecule has 2 aromatic rings. The molecule has 0 aliphatic heterocycles. The van der Waals surface area contributed by atoms with Gasteiger partial charge in [0.2, 0.25) is 0 Å². The van der Waals surface area contributed by atoms with E-state index in [2.05, 4.69) is 21.2 Å². The zero-order valence-electron chi connectivity index (χ0n) is 10.2. The van der Waals surface area contributed by atoms with Crippen LogP contribution < -0.4 is 11.1 Å². The third-order valence-corrected chi connectivity index (χ3v) is 3.61. The molecule has 0 saturated carbocycles. The van der Waals surface area contributed by atoms with Crippen molar-refractivity contribution in [1.29, 1.82) is 0 Å². The molecule has 0 bridgehead atoms. The number of anilines is 2. The topological polar surface area (TPSA) is 55.1 Å². The molecule has 0 radical (unpaired) electrons. The molecular weight excluding hydrogens is 389 g/mol. The highest BCUT2D eigenvalue weighted by atomic mass is 79.9. The fraction of sp³-hybridized carbons (Fsp3) is 0. The zero-order valence-corrected chi connectivity index (χ0v) is 13.3. The maximum atomic E-state index is 13.8. The number of rotatable bonds is 2. The number of hydrogen-bond acceptors (Lipinski definition) is 2. The first kappa shape index (κ1) is 16.0. The molecule has 0 aromatic heterocycles. The van der Waals surface area contributed by atoms with Gasteiger partial charge in [0, 0.05) is 4.47 Å². The van der Waals surface area contributed by atoms with Gasteiger partial charge in [-0.15, -0.1) is 0 Å². The molecule has 0 aliphatic rings. The van der Waals surface area contributed by atoms with Gasteiger partial charge in [-0.3, -0.25) is 4.79 Å². The van der Waals surface area contributed by atoms with Crippen LogP contribution in [0.15, 0.2) is 28.7 Å². The van der Waals surface area contributed by atoms with Gasteiger partial charge in [-0.2, -0.15) is 0 Å². The second-order valence-corrected chi connectivity index (χ2v) is 5.79. The fourth-order valence-electron chi connectivity index (χ4n) is 1.62. The molecule has 2 rings (SSSR count). The van der Waals surface area contributed by atoms with E-state index in [1.165, 1.54) is 12.1 Å². The first-order chi connectivity index (χ1) is 9.79. The van der Waals surface area contributed by atoms with Gasteiger partial charge in [0.1, 0.15) is 5.82 Å². The number of amides is 1. The minimum absolute atomic E-state index is 0.0914. The van der Waals surface area contributed by atoms with Crippen molar-refractivity contribution in [2.75, 3.05) is 11.1 Å². The predicted octanol–water partition coefficient (Wildman–Crippen LogP) is 4.87. The Morgan fingerprint density at radius 2 is 1.71 bits per heavy atom. The van der Waals surface area contributed by atoms with Crippen LogP contribution in [0.3, 0.4) is 0 Å². The number of nitrogens with one attached hydrogen (secondary N) is 1. The van der Waals surface area contributed by atoms with E-state index in [1.807, 2.05) is 0 Å². The Balaban J connectivity index is 2.40. The second kappa shape index (κ2) is 6.17.